The summed E-state index contributed by atoms with van der Waals surface area (Å²) in [4.78, 5) is 26.0. The molecule has 0 aliphatic carbocycles. The van der Waals surface area contributed by atoms with Crippen molar-refractivity contribution in [3.63, 3.8) is 0 Å². The van der Waals surface area contributed by atoms with E-state index in [0.29, 0.717) is 17.9 Å². The van der Waals surface area contributed by atoms with Gasteiger partial charge in [0.2, 0.25) is 0 Å². The van der Waals surface area contributed by atoms with Crippen molar-refractivity contribution in [2.45, 2.75) is 31.5 Å². The number of carbonyl (C=O) groups excluding carboxylic acids is 1. The molecule has 0 spiro atoms. The van der Waals surface area contributed by atoms with Gasteiger partial charge in [0.25, 0.3) is 5.91 Å². The molecule has 1 N–H and O–H groups in total. The number of amides is 1. The topological polar surface area (TPSA) is 77.0 Å². The maximum atomic E-state index is 13.1. The number of fused-ring (bicyclic) bond motifs is 2. The Balaban J connectivity index is 1.42. The number of nitrogens with zero attached hydrogens (tertiary/aromatic N) is 3. The molecular formula is C23H20N4O2. The van der Waals surface area contributed by atoms with E-state index in [-0.39, 0.29) is 18.1 Å². The van der Waals surface area contributed by atoms with Gasteiger partial charge in [0, 0.05) is 30.0 Å². The summed E-state index contributed by atoms with van der Waals surface area (Å²) in [6.07, 6.45) is 9.39. The second-order valence-corrected chi connectivity index (χ2v) is 7.27. The van der Waals surface area contributed by atoms with Crippen molar-refractivity contribution in [2.75, 3.05) is 5.32 Å². The van der Waals surface area contributed by atoms with Gasteiger partial charge in [0.1, 0.15) is 0 Å². The number of pyridine rings is 1. The average molecular weight is 384 g/mol. The van der Waals surface area contributed by atoms with Crippen molar-refractivity contribution in [3.05, 3.63) is 78.4 Å². The minimum absolute atomic E-state index is 0.0337. The molecule has 5 rings (SSSR count). The maximum Gasteiger partial charge on any atom is 0.252 e. The summed E-state index contributed by atoms with van der Waals surface area (Å²) in [6, 6.07) is 13.6. The van der Waals surface area contributed by atoms with Gasteiger partial charge in [-0.2, -0.15) is 0 Å². The Kier molecular flexibility index (Phi) is 4.62. The zero-order valence-corrected chi connectivity index (χ0v) is 15.8. The van der Waals surface area contributed by atoms with E-state index in [1.165, 1.54) is 0 Å². The van der Waals surface area contributed by atoms with Crippen LogP contribution in [0.3, 0.4) is 0 Å². The van der Waals surface area contributed by atoms with Gasteiger partial charge >= 0.3 is 0 Å². The number of ether oxygens (including phenoxy) is 1. The third-order valence-electron chi connectivity index (χ3n) is 5.39. The van der Waals surface area contributed by atoms with Crippen molar-refractivity contribution >= 4 is 17.2 Å². The van der Waals surface area contributed by atoms with Gasteiger partial charge in [-0.1, -0.05) is 30.3 Å². The third-order valence-corrected chi connectivity index (χ3v) is 5.39. The lowest BCUT2D eigenvalue weighted by Crippen LogP contribution is -2.27. The Morgan fingerprint density at radius 1 is 0.966 bits per heavy atom. The number of rotatable bonds is 4. The highest BCUT2D eigenvalue weighted by atomic mass is 16.5. The largest absolute Gasteiger partial charge is 0.370 e. The normalized spacial score (nSPS) is 20.6. The molecule has 0 radical (unpaired) electrons. The van der Waals surface area contributed by atoms with E-state index >= 15 is 0 Å². The lowest BCUT2D eigenvalue weighted by atomic mass is 9.92. The Morgan fingerprint density at radius 2 is 1.72 bits per heavy atom. The summed E-state index contributed by atoms with van der Waals surface area (Å²) in [7, 11) is 0. The van der Waals surface area contributed by atoms with Crippen LogP contribution in [-0.4, -0.2) is 33.1 Å². The molecule has 0 unspecified atom stereocenters. The van der Waals surface area contributed by atoms with Gasteiger partial charge in [-0.05, 0) is 36.1 Å². The maximum absolute atomic E-state index is 13.1. The third kappa shape index (κ3) is 3.54. The predicted octanol–water partition coefficient (Wildman–Crippen LogP) is 3.88. The van der Waals surface area contributed by atoms with Crippen LogP contribution in [-0.2, 0) is 9.53 Å². The van der Waals surface area contributed by atoms with Crippen LogP contribution in [0.15, 0.2) is 72.8 Å². The fourth-order valence-corrected chi connectivity index (χ4v) is 4.04. The standard InChI is InChI=1S/C23H20N4O2/c28-23(27-17-13-25-22(26-14-17)16-4-2-1-3-5-16)19-12-18-6-7-20(29-18)21(19)15-8-10-24-11-9-15/h1-5,8-11,13-14,18,20H,6-7,12H2,(H,27,28)/t18-,20+/m1/s1. The van der Waals surface area contributed by atoms with E-state index < -0.39 is 0 Å². The van der Waals surface area contributed by atoms with E-state index in [9.17, 15) is 4.79 Å². The van der Waals surface area contributed by atoms with Crippen LogP contribution in [0.4, 0.5) is 5.69 Å². The van der Waals surface area contributed by atoms with Crippen molar-refractivity contribution in [1.82, 2.24) is 15.0 Å². The molecule has 1 aromatic carbocycles. The molecule has 6 nitrogen and oxygen atoms in total. The number of carbonyl (C=O) groups is 1. The number of aromatic nitrogens is 3. The molecule has 4 heterocycles. The summed E-state index contributed by atoms with van der Waals surface area (Å²) < 4.78 is 6.08. The molecule has 2 atom stereocenters. The van der Waals surface area contributed by atoms with Crippen molar-refractivity contribution in [1.29, 1.82) is 0 Å². The van der Waals surface area contributed by atoms with E-state index in [1.54, 1.807) is 24.8 Å². The van der Waals surface area contributed by atoms with E-state index in [0.717, 1.165) is 35.1 Å². The molecule has 2 aliphatic heterocycles. The van der Waals surface area contributed by atoms with E-state index in [4.69, 9.17) is 4.74 Å². The van der Waals surface area contributed by atoms with Crippen LogP contribution < -0.4 is 5.32 Å². The highest BCUT2D eigenvalue weighted by Gasteiger charge is 2.38. The minimum Gasteiger partial charge on any atom is -0.370 e. The van der Waals surface area contributed by atoms with Crippen LogP contribution in [0.5, 0.6) is 0 Å². The first kappa shape index (κ1) is 17.7. The van der Waals surface area contributed by atoms with Gasteiger partial charge in [-0.3, -0.25) is 9.78 Å². The van der Waals surface area contributed by atoms with Gasteiger partial charge < -0.3 is 10.1 Å². The molecular weight excluding hydrogens is 364 g/mol. The highest BCUT2D eigenvalue weighted by molar-refractivity contribution is 6.09. The lowest BCUT2D eigenvalue weighted by molar-refractivity contribution is -0.113. The number of benzene rings is 1. The fraction of sp³-hybridized carbons (Fsp3) is 0.217. The molecule has 0 saturated carbocycles. The van der Waals surface area contributed by atoms with Gasteiger partial charge in [-0.25, -0.2) is 9.97 Å². The lowest BCUT2D eigenvalue weighted by Gasteiger charge is -2.27. The second kappa shape index (κ2) is 7.56. The van der Waals surface area contributed by atoms with E-state index in [1.807, 2.05) is 42.5 Å². The van der Waals surface area contributed by atoms with Crippen LogP contribution in [0.25, 0.3) is 17.0 Å². The molecule has 2 aromatic heterocycles. The Morgan fingerprint density at radius 3 is 2.48 bits per heavy atom. The Labute approximate surface area is 168 Å². The average Bonchev–Trinajstić information content (AvgIpc) is 3.16. The minimum atomic E-state index is -0.118. The number of nitrogens with one attached hydrogen (secondary N) is 1. The first-order valence-corrected chi connectivity index (χ1v) is 9.75. The van der Waals surface area contributed by atoms with Crippen molar-refractivity contribution < 1.29 is 9.53 Å². The van der Waals surface area contributed by atoms with Gasteiger partial charge in [0.05, 0.1) is 30.3 Å². The van der Waals surface area contributed by atoms with Crippen LogP contribution >= 0.6 is 0 Å². The molecule has 1 fully saturated rings. The number of anilines is 1. The van der Waals surface area contributed by atoms with Crippen molar-refractivity contribution in [2.24, 2.45) is 0 Å². The first-order chi connectivity index (χ1) is 14.3. The number of hydrogen-bond acceptors (Lipinski definition) is 5. The summed E-state index contributed by atoms with van der Waals surface area (Å²) in [5.41, 5.74) is 4.26. The molecule has 1 amide bonds. The van der Waals surface area contributed by atoms with Gasteiger partial charge in [-0.15, -0.1) is 0 Å². The Hall–Kier alpha value is -3.38. The summed E-state index contributed by atoms with van der Waals surface area (Å²) in [5.74, 6) is 0.512. The number of hydrogen-bond donors (Lipinski definition) is 1. The zero-order valence-electron chi connectivity index (χ0n) is 15.8. The molecule has 2 bridgehead atoms. The highest BCUT2D eigenvalue weighted by Crippen LogP contribution is 2.41. The monoisotopic (exact) mass is 384 g/mol. The van der Waals surface area contributed by atoms with Gasteiger partial charge in [0.15, 0.2) is 5.82 Å². The summed E-state index contributed by atoms with van der Waals surface area (Å²) >= 11 is 0. The van der Waals surface area contributed by atoms with E-state index in [2.05, 4.69) is 20.3 Å². The Bertz CT molecular complexity index is 1050. The molecule has 3 aromatic rings. The molecule has 6 heteroatoms. The molecule has 29 heavy (non-hydrogen) atoms. The SMILES string of the molecule is O=C(Nc1cnc(-c2ccccc2)nc1)C1=C(c2ccncc2)[C@@H]2CC[C@H](C1)O2. The molecule has 2 aliphatic rings. The fourth-order valence-electron chi connectivity index (χ4n) is 4.04. The smallest absolute Gasteiger partial charge is 0.252 e. The first-order valence-electron chi connectivity index (χ1n) is 9.75. The molecule has 1 saturated heterocycles. The van der Waals surface area contributed by atoms with Crippen LogP contribution in [0.2, 0.25) is 0 Å². The second-order valence-electron chi connectivity index (χ2n) is 7.27. The predicted molar refractivity (Wildman–Crippen MR) is 110 cm³/mol. The molecule has 144 valence electrons. The zero-order chi connectivity index (χ0) is 19.6. The van der Waals surface area contributed by atoms with Crippen molar-refractivity contribution in [3.8, 4) is 11.4 Å². The summed E-state index contributed by atoms with van der Waals surface area (Å²) in [5, 5.41) is 2.97. The summed E-state index contributed by atoms with van der Waals surface area (Å²) in [6.45, 7) is 0. The van der Waals surface area contributed by atoms with Crippen LogP contribution in [0.1, 0.15) is 24.8 Å². The quantitative estimate of drug-likeness (QED) is 0.739. The van der Waals surface area contributed by atoms with Crippen LogP contribution in [0, 0.1) is 0 Å².